The summed E-state index contributed by atoms with van der Waals surface area (Å²) in [5.41, 5.74) is 5.16. The van der Waals surface area contributed by atoms with Crippen LogP contribution in [0, 0.1) is 20.8 Å². The number of hydrogen-bond donors (Lipinski definition) is 1. The zero-order valence-corrected chi connectivity index (χ0v) is 19.8. The minimum absolute atomic E-state index is 0.213. The first-order valence-corrected chi connectivity index (χ1v) is 11.1. The third-order valence-electron chi connectivity index (χ3n) is 5.80. The monoisotopic (exact) mass is 460 g/mol. The number of anilines is 2. The lowest BCUT2D eigenvalue weighted by Crippen LogP contribution is -2.33. The van der Waals surface area contributed by atoms with Crippen molar-refractivity contribution < 1.29 is 14.3 Å². The van der Waals surface area contributed by atoms with Crippen molar-refractivity contribution >= 4 is 40.4 Å². The van der Waals surface area contributed by atoms with Crippen molar-refractivity contribution in [3.8, 4) is 5.75 Å². The lowest BCUT2D eigenvalue weighted by atomic mass is 10.0. The number of carbonyl (C=O) groups is 2. The first kappa shape index (κ1) is 22.6. The minimum Gasteiger partial charge on any atom is -0.494 e. The molecule has 33 heavy (non-hydrogen) atoms. The molecule has 0 spiro atoms. The Kier molecular flexibility index (Phi) is 6.25. The van der Waals surface area contributed by atoms with Crippen LogP contribution in [-0.2, 0) is 9.59 Å². The number of halogens is 1. The number of carbonyl (C=O) groups excluding carboxylic acids is 2. The smallest absolute Gasteiger partial charge is 0.282 e. The zero-order chi connectivity index (χ0) is 23.7. The number of nitrogens with zero attached hydrogens (tertiary/aromatic N) is 1. The maximum atomic E-state index is 13.7. The second kappa shape index (κ2) is 9.12. The van der Waals surface area contributed by atoms with Crippen molar-refractivity contribution in [3.63, 3.8) is 0 Å². The lowest BCUT2D eigenvalue weighted by molar-refractivity contribution is -0.120. The summed E-state index contributed by atoms with van der Waals surface area (Å²) in [6, 6.07) is 18.2. The molecule has 0 saturated heterocycles. The fourth-order valence-electron chi connectivity index (χ4n) is 3.81. The van der Waals surface area contributed by atoms with Crippen LogP contribution in [0.15, 0.2) is 66.4 Å². The van der Waals surface area contributed by atoms with E-state index in [1.807, 2.05) is 52.0 Å². The van der Waals surface area contributed by atoms with Gasteiger partial charge >= 0.3 is 0 Å². The van der Waals surface area contributed by atoms with Gasteiger partial charge in [0.15, 0.2) is 0 Å². The van der Waals surface area contributed by atoms with E-state index in [9.17, 15) is 9.59 Å². The van der Waals surface area contributed by atoms with Crippen LogP contribution >= 0.6 is 11.6 Å². The largest absolute Gasteiger partial charge is 0.494 e. The second-order valence-corrected chi connectivity index (χ2v) is 8.37. The number of rotatable bonds is 6. The number of imide groups is 1. The Bertz CT molecular complexity index is 1280. The van der Waals surface area contributed by atoms with Gasteiger partial charge in [-0.15, -0.1) is 0 Å². The molecule has 3 aromatic carbocycles. The lowest BCUT2D eigenvalue weighted by Gasteiger charge is -2.19. The minimum atomic E-state index is -0.408. The fourth-order valence-corrected chi connectivity index (χ4v) is 3.99. The third kappa shape index (κ3) is 4.24. The summed E-state index contributed by atoms with van der Waals surface area (Å²) in [7, 11) is 0. The van der Waals surface area contributed by atoms with Crippen molar-refractivity contribution in [1.29, 1.82) is 0 Å². The molecule has 3 aromatic rings. The van der Waals surface area contributed by atoms with Gasteiger partial charge in [0.05, 0.1) is 17.9 Å². The molecule has 168 valence electrons. The Hall–Kier alpha value is -3.57. The molecule has 1 aliphatic heterocycles. The number of nitrogens with one attached hydrogen (secondary N) is 1. The van der Waals surface area contributed by atoms with Gasteiger partial charge in [0, 0.05) is 10.7 Å². The molecule has 5 nitrogen and oxygen atoms in total. The summed E-state index contributed by atoms with van der Waals surface area (Å²) in [5.74, 6) is -0.0855. The van der Waals surface area contributed by atoms with E-state index in [-0.39, 0.29) is 11.6 Å². The molecule has 0 saturated carbocycles. The maximum Gasteiger partial charge on any atom is 0.282 e. The summed E-state index contributed by atoms with van der Waals surface area (Å²) < 4.78 is 5.53. The van der Waals surface area contributed by atoms with Gasteiger partial charge in [-0.25, -0.2) is 4.90 Å². The van der Waals surface area contributed by atoms with Gasteiger partial charge in [0.2, 0.25) is 0 Å². The van der Waals surface area contributed by atoms with Gasteiger partial charge in [-0.3, -0.25) is 9.59 Å². The van der Waals surface area contributed by atoms with Gasteiger partial charge in [0.25, 0.3) is 11.8 Å². The topological polar surface area (TPSA) is 58.6 Å². The summed E-state index contributed by atoms with van der Waals surface area (Å²) in [5, 5.41) is 3.74. The van der Waals surface area contributed by atoms with Crippen molar-refractivity contribution in [1.82, 2.24) is 0 Å². The quantitative estimate of drug-likeness (QED) is 0.454. The normalized spacial score (nSPS) is 13.7. The Balaban J connectivity index is 1.83. The average Bonchev–Trinajstić information content (AvgIpc) is 3.03. The van der Waals surface area contributed by atoms with Gasteiger partial charge in [-0.05, 0) is 80.3 Å². The maximum absolute atomic E-state index is 13.7. The number of ether oxygens (including phenoxy) is 1. The zero-order valence-electron chi connectivity index (χ0n) is 19.0. The highest BCUT2D eigenvalue weighted by Crippen LogP contribution is 2.36. The number of amides is 2. The Morgan fingerprint density at radius 1 is 0.909 bits per heavy atom. The molecular weight excluding hydrogens is 436 g/mol. The highest BCUT2D eigenvalue weighted by Gasteiger charge is 2.41. The van der Waals surface area contributed by atoms with E-state index in [1.165, 1.54) is 4.90 Å². The van der Waals surface area contributed by atoms with E-state index >= 15 is 0 Å². The third-order valence-corrected chi connectivity index (χ3v) is 6.20. The Morgan fingerprint density at radius 2 is 1.64 bits per heavy atom. The molecular formula is C27H25ClN2O3. The molecule has 0 atom stereocenters. The highest BCUT2D eigenvalue weighted by molar-refractivity contribution is 6.46. The SMILES string of the molecule is CCOc1ccc(C2=C(Nc3ccc(C)c(Cl)c3)C(=O)N(c3cccc(C)c3C)C2=O)cc1. The number of aryl methyl sites for hydroxylation is 2. The van der Waals surface area contributed by atoms with E-state index in [4.69, 9.17) is 16.3 Å². The molecule has 2 amide bonds. The molecule has 1 heterocycles. The predicted octanol–water partition coefficient (Wildman–Crippen LogP) is 6.06. The average molecular weight is 461 g/mol. The van der Waals surface area contributed by atoms with Crippen molar-refractivity contribution in [2.45, 2.75) is 27.7 Å². The Labute approximate surface area is 198 Å². The van der Waals surface area contributed by atoms with Gasteiger partial charge < -0.3 is 10.1 Å². The molecule has 1 N–H and O–H groups in total. The summed E-state index contributed by atoms with van der Waals surface area (Å²) in [6.07, 6.45) is 0. The first-order chi connectivity index (χ1) is 15.8. The van der Waals surface area contributed by atoms with Crippen LogP contribution in [0.2, 0.25) is 5.02 Å². The molecule has 6 heteroatoms. The van der Waals surface area contributed by atoms with Gasteiger partial charge in [0.1, 0.15) is 11.4 Å². The van der Waals surface area contributed by atoms with E-state index in [1.54, 1.807) is 36.4 Å². The van der Waals surface area contributed by atoms with Crippen LogP contribution in [-0.4, -0.2) is 18.4 Å². The van der Waals surface area contributed by atoms with E-state index in [2.05, 4.69) is 5.32 Å². The van der Waals surface area contributed by atoms with Gasteiger partial charge in [-0.1, -0.05) is 41.9 Å². The van der Waals surface area contributed by atoms with Crippen molar-refractivity contribution in [2.24, 2.45) is 0 Å². The molecule has 0 fully saturated rings. The molecule has 0 aliphatic carbocycles. The van der Waals surface area contributed by atoms with Crippen LogP contribution in [0.1, 0.15) is 29.2 Å². The summed E-state index contributed by atoms with van der Waals surface area (Å²) >= 11 is 6.30. The standard InChI is InChI=1S/C27H25ClN2O3/c1-5-33-21-13-10-19(11-14-21)24-25(29-20-12-9-17(3)22(28)15-20)27(32)30(26(24)31)23-8-6-7-16(2)18(23)4/h6-15,29H,5H2,1-4H3. The predicted molar refractivity (Wildman–Crippen MR) is 133 cm³/mol. The molecule has 0 bridgehead atoms. The first-order valence-electron chi connectivity index (χ1n) is 10.8. The van der Waals surface area contributed by atoms with Crippen LogP contribution in [0.3, 0.4) is 0 Å². The molecule has 0 aromatic heterocycles. The number of benzene rings is 3. The van der Waals surface area contributed by atoms with Crippen LogP contribution in [0.4, 0.5) is 11.4 Å². The highest BCUT2D eigenvalue weighted by atomic mass is 35.5. The summed E-state index contributed by atoms with van der Waals surface area (Å²) in [6.45, 7) is 8.22. The van der Waals surface area contributed by atoms with E-state index < -0.39 is 5.91 Å². The fraction of sp³-hybridized carbons (Fsp3) is 0.185. The van der Waals surface area contributed by atoms with E-state index in [0.29, 0.717) is 39.9 Å². The Morgan fingerprint density at radius 3 is 2.30 bits per heavy atom. The molecule has 4 rings (SSSR count). The molecule has 0 unspecified atom stereocenters. The molecule has 0 radical (unpaired) electrons. The second-order valence-electron chi connectivity index (χ2n) is 7.96. The van der Waals surface area contributed by atoms with E-state index in [0.717, 1.165) is 16.7 Å². The van der Waals surface area contributed by atoms with Gasteiger partial charge in [-0.2, -0.15) is 0 Å². The summed E-state index contributed by atoms with van der Waals surface area (Å²) in [4.78, 5) is 28.5. The number of hydrogen-bond acceptors (Lipinski definition) is 4. The van der Waals surface area contributed by atoms with Crippen LogP contribution < -0.4 is 15.0 Å². The van der Waals surface area contributed by atoms with Crippen LogP contribution in [0.5, 0.6) is 5.75 Å². The molecule has 1 aliphatic rings. The van der Waals surface area contributed by atoms with Crippen LogP contribution in [0.25, 0.3) is 5.57 Å². The van der Waals surface area contributed by atoms with Crippen molar-refractivity contribution in [2.75, 3.05) is 16.8 Å². The van der Waals surface area contributed by atoms with Crippen molar-refractivity contribution in [3.05, 3.63) is 93.6 Å².